The fourth-order valence-corrected chi connectivity index (χ4v) is 2.03. The van der Waals surface area contributed by atoms with Crippen LogP contribution in [-0.2, 0) is 0 Å². The molecule has 0 amide bonds. The van der Waals surface area contributed by atoms with E-state index in [2.05, 4.69) is 36.7 Å². The smallest absolute Gasteiger partial charge is 0.131 e. The third-order valence-corrected chi connectivity index (χ3v) is 2.88. The van der Waals surface area contributed by atoms with Crippen molar-refractivity contribution in [3.63, 3.8) is 0 Å². The van der Waals surface area contributed by atoms with Gasteiger partial charge < -0.3 is 10.6 Å². The van der Waals surface area contributed by atoms with Crippen LogP contribution in [0.1, 0.15) is 50.8 Å². The van der Waals surface area contributed by atoms with Crippen LogP contribution in [0.3, 0.4) is 0 Å². The fraction of sp³-hybridized carbons (Fsp3) is 0.643. The molecule has 0 saturated heterocycles. The number of pyridine rings is 1. The van der Waals surface area contributed by atoms with Crippen LogP contribution in [0.4, 0.5) is 5.82 Å². The van der Waals surface area contributed by atoms with Gasteiger partial charge >= 0.3 is 0 Å². The highest BCUT2D eigenvalue weighted by molar-refractivity contribution is 5.47. The molecular formula is C14H25N3. The normalized spacial score (nSPS) is 12.5. The van der Waals surface area contributed by atoms with Crippen LogP contribution in [0.2, 0.25) is 0 Å². The molecule has 17 heavy (non-hydrogen) atoms. The number of hydrogen-bond acceptors (Lipinski definition) is 3. The summed E-state index contributed by atoms with van der Waals surface area (Å²) in [5, 5.41) is 0. The Hall–Kier alpha value is -1.09. The molecule has 1 aromatic heterocycles. The Balaban J connectivity index is 2.95. The topological polar surface area (TPSA) is 42.2 Å². The Morgan fingerprint density at radius 3 is 2.29 bits per heavy atom. The quantitative estimate of drug-likeness (QED) is 0.824. The van der Waals surface area contributed by atoms with Crippen LogP contribution >= 0.6 is 0 Å². The molecule has 2 N–H and O–H groups in total. The van der Waals surface area contributed by atoms with Crippen LogP contribution in [0.25, 0.3) is 0 Å². The van der Waals surface area contributed by atoms with Gasteiger partial charge in [0.25, 0.3) is 0 Å². The lowest BCUT2D eigenvalue weighted by Gasteiger charge is -2.24. The Bertz CT molecular complexity index is 341. The van der Waals surface area contributed by atoms with E-state index in [4.69, 9.17) is 5.73 Å². The molecule has 1 rings (SSSR count). The minimum Gasteiger partial charge on any atom is -0.356 e. The molecule has 0 unspecified atom stereocenters. The third kappa shape index (κ3) is 3.70. The standard InChI is InChI=1S/C14H25N3/c1-5-7-17(8-6-2)14-11(3)9-13(10-16-14)12(4)15/h9-10,12H,5-8,15H2,1-4H3/t12-/m1/s1. The van der Waals surface area contributed by atoms with Gasteiger partial charge in [0.1, 0.15) is 5.82 Å². The largest absolute Gasteiger partial charge is 0.356 e. The van der Waals surface area contributed by atoms with E-state index in [0.29, 0.717) is 0 Å². The number of aryl methyl sites for hydroxylation is 1. The van der Waals surface area contributed by atoms with Gasteiger partial charge in [-0.2, -0.15) is 0 Å². The second-order valence-electron chi connectivity index (χ2n) is 4.68. The predicted molar refractivity (Wildman–Crippen MR) is 74.4 cm³/mol. The van der Waals surface area contributed by atoms with Crippen LogP contribution < -0.4 is 10.6 Å². The Morgan fingerprint density at radius 2 is 1.88 bits per heavy atom. The van der Waals surface area contributed by atoms with Crippen molar-refractivity contribution in [1.82, 2.24) is 4.98 Å². The van der Waals surface area contributed by atoms with Gasteiger partial charge in [-0.05, 0) is 43.9 Å². The lowest BCUT2D eigenvalue weighted by Crippen LogP contribution is -2.26. The van der Waals surface area contributed by atoms with Crippen molar-refractivity contribution < 1.29 is 0 Å². The zero-order valence-corrected chi connectivity index (χ0v) is 11.5. The molecule has 0 radical (unpaired) electrons. The zero-order chi connectivity index (χ0) is 12.8. The lowest BCUT2D eigenvalue weighted by molar-refractivity contribution is 0.728. The molecule has 96 valence electrons. The summed E-state index contributed by atoms with van der Waals surface area (Å²) >= 11 is 0. The summed E-state index contributed by atoms with van der Waals surface area (Å²) in [7, 11) is 0. The van der Waals surface area contributed by atoms with Gasteiger partial charge in [0.15, 0.2) is 0 Å². The molecule has 1 aromatic rings. The number of nitrogens with two attached hydrogens (primary N) is 1. The van der Waals surface area contributed by atoms with E-state index < -0.39 is 0 Å². The van der Waals surface area contributed by atoms with E-state index in [1.165, 1.54) is 5.56 Å². The number of rotatable bonds is 6. The Labute approximate surface area is 105 Å². The highest BCUT2D eigenvalue weighted by Gasteiger charge is 2.10. The SMILES string of the molecule is CCCN(CCC)c1ncc([C@@H](C)N)cc1C. The van der Waals surface area contributed by atoms with Crippen molar-refractivity contribution in [3.05, 3.63) is 23.4 Å². The van der Waals surface area contributed by atoms with Crippen LogP contribution in [0.5, 0.6) is 0 Å². The number of anilines is 1. The van der Waals surface area contributed by atoms with Crippen molar-refractivity contribution in [2.45, 2.75) is 46.6 Å². The Kier molecular flexibility index (Phi) is 5.42. The fourth-order valence-electron chi connectivity index (χ4n) is 2.03. The first-order valence-electron chi connectivity index (χ1n) is 6.57. The van der Waals surface area contributed by atoms with Gasteiger partial charge in [-0.15, -0.1) is 0 Å². The van der Waals surface area contributed by atoms with Gasteiger partial charge in [0, 0.05) is 25.3 Å². The maximum absolute atomic E-state index is 5.87. The molecule has 0 saturated carbocycles. The number of nitrogens with zero attached hydrogens (tertiary/aromatic N) is 2. The second-order valence-corrected chi connectivity index (χ2v) is 4.68. The molecule has 0 spiro atoms. The van der Waals surface area contributed by atoms with Crippen LogP contribution in [0, 0.1) is 6.92 Å². The molecule has 1 heterocycles. The summed E-state index contributed by atoms with van der Waals surface area (Å²) in [5.41, 5.74) is 8.21. The van der Waals surface area contributed by atoms with Crippen LogP contribution in [-0.4, -0.2) is 18.1 Å². The number of hydrogen-bond donors (Lipinski definition) is 1. The Morgan fingerprint density at radius 1 is 1.29 bits per heavy atom. The van der Waals surface area contributed by atoms with E-state index in [-0.39, 0.29) is 6.04 Å². The minimum atomic E-state index is 0.0565. The highest BCUT2D eigenvalue weighted by atomic mass is 15.2. The van der Waals surface area contributed by atoms with E-state index in [9.17, 15) is 0 Å². The molecule has 0 aliphatic heterocycles. The summed E-state index contributed by atoms with van der Waals surface area (Å²) in [6.07, 6.45) is 4.21. The maximum Gasteiger partial charge on any atom is 0.131 e. The van der Waals surface area contributed by atoms with Gasteiger partial charge in [-0.25, -0.2) is 4.98 Å². The third-order valence-electron chi connectivity index (χ3n) is 2.88. The second kappa shape index (κ2) is 6.60. The number of aromatic nitrogens is 1. The van der Waals surface area contributed by atoms with Gasteiger partial charge in [0.2, 0.25) is 0 Å². The van der Waals surface area contributed by atoms with Crippen molar-refractivity contribution in [2.75, 3.05) is 18.0 Å². The van der Waals surface area contributed by atoms with Gasteiger partial charge in [-0.3, -0.25) is 0 Å². The maximum atomic E-state index is 5.87. The predicted octanol–water partition coefficient (Wildman–Crippen LogP) is 3.04. The molecule has 0 aliphatic carbocycles. The zero-order valence-electron chi connectivity index (χ0n) is 11.5. The van der Waals surface area contributed by atoms with E-state index in [1.54, 1.807) is 0 Å². The van der Waals surface area contributed by atoms with Crippen molar-refractivity contribution in [2.24, 2.45) is 5.73 Å². The van der Waals surface area contributed by atoms with Gasteiger partial charge in [-0.1, -0.05) is 13.8 Å². The first-order chi connectivity index (χ1) is 8.10. The summed E-state index contributed by atoms with van der Waals surface area (Å²) in [6.45, 7) is 10.7. The molecule has 0 aromatic carbocycles. The molecular weight excluding hydrogens is 210 g/mol. The van der Waals surface area contributed by atoms with Crippen molar-refractivity contribution >= 4 is 5.82 Å². The van der Waals surface area contributed by atoms with Gasteiger partial charge in [0.05, 0.1) is 0 Å². The molecule has 3 nitrogen and oxygen atoms in total. The summed E-state index contributed by atoms with van der Waals surface area (Å²) < 4.78 is 0. The molecule has 0 fully saturated rings. The molecule has 3 heteroatoms. The minimum absolute atomic E-state index is 0.0565. The summed E-state index contributed by atoms with van der Waals surface area (Å²) in [5.74, 6) is 1.11. The van der Waals surface area contributed by atoms with Crippen molar-refractivity contribution in [1.29, 1.82) is 0 Å². The summed E-state index contributed by atoms with van der Waals surface area (Å²) in [4.78, 5) is 6.94. The summed E-state index contributed by atoms with van der Waals surface area (Å²) in [6, 6.07) is 2.21. The first kappa shape index (κ1) is 14.0. The van der Waals surface area contributed by atoms with Crippen molar-refractivity contribution in [3.8, 4) is 0 Å². The first-order valence-corrected chi connectivity index (χ1v) is 6.57. The molecule has 1 atom stereocenters. The lowest BCUT2D eigenvalue weighted by atomic mass is 10.1. The molecule has 0 aliphatic rings. The van der Waals surface area contributed by atoms with E-state index in [1.807, 2.05) is 13.1 Å². The highest BCUT2D eigenvalue weighted by Crippen LogP contribution is 2.20. The van der Waals surface area contributed by atoms with E-state index in [0.717, 1.165) is 37.3 Å². The average molecular weight is 235 g/mol. The monoisotopic (exact) mass is 235 g/mol. The van der Waals surface area contributed by atoms with E-state index >= 15 is 0 Å². The average Bonchev–Trinajstić information content (AvgIpc) is 2.28. The molecule has 0 bridgehead atoms. The van der Waals surface area contributed by atoms with Crippen LogP contribution in [0.15, 0.2) is 12.3 Å².